The molecule has 0 aliphatic carbocycles. The van der Waals surface area contributed by atoms with Gasteiger partial charge in [0.2, 0.25) is 5.91 Å². The van der Waals surface area contributed by atoms with Crippen molar-refractivity contribution in [3.05, 3.63) is 46.0 Å². The van der Waals surface area contributed by atoms with Crippen LogP contribution in [0.5, 0.6) is 0 Å². The zero-order valence-corrected chi connectivity index (χ0v) is 15.3. The van der Waals surface area contributed by atoms with Gasteiger partial charge in [0, 0.05) is 23.5 Å². The van der Waals surface area contributed by atoms with E-state index in [1.165, 1.54) is 11.1 Å². The first-order chi connectivity index (χ1) is 10.2. The summed E-state index contributed by atoms with van der Waals surface area (Å²) >= 11 is 3.56. The molecule has 0 saturated carbocycles. The fourth-order valence-electron chi connectivity index (χ4n) is 2.53. The van der Waals surface area contributed by atoms with Crippen LogP contribution in [0.3, 0.4) is 0 Å². The molecule has 3 nitrogen and oxygen atoms in total. The zero-order chi connectivity index (χ0) is 15.1. The molecule has 0 bridgehead atoms. The molecule has 1 unspecified atom stereocenters. The molecule has 0 spiro atoms. The van der Waals surface area contributed by atoms with Gasteiger partial charge in [-0.2, -0.15) is 0 Å². The van der Waals surface area contributed by atoms with Crippen LogP contribution < -0.4 is 10.6 Å². The number of rotatable bonds is 6. The van der Waals surface area contributed by atoms with E-state index in [1.54, 1.807) is 0 Å². The third-order valence-corrected chi connectivity index (χ3v) is 4.71. The number of hydrogen-bond acceptors (Lipinski definition) is 2. The molecule has 1 atom stereocenters. The summed E-state index contributed by atoms with van der Waals surface area (Å²) in [6, 6.07) is 8.12. The first kappa shape index (κ1) is 19.2. The molecule has 1 amide bonds. The molecule has 1 aliphatic rings. The quantitative estimate of drug-likeness (QED) is 0.734. The summed E-state index contributed by atoms with van der Waals surface area (Å²) < 4.78 is 1.08. The Balaban J connectivity index is 0.00000242. The Bertz CT molecular complexity index is 519. The molecule has 0 fully saturated rings. The topological polar surface area (TPSA) is 41.1 Å². The second kappa shape index (κ2) is 10.0. The monoisotopic (exact) mass is 386 g/mol. The van der Waals surface area contributed by atoms with Gasteiger partial charge in [-0.3, -0.25) is 4.79 Å². The maximum Gasteiger partial charge on any atom is 0.223 e. The third kappa shape index (κ3) is 5.75. The number of nitrogens with one attached hydrogen (secondary N) is 2. The van der Waals surface area contributed by atoms with Crippen molar-refractivity contribution in [1.29, 1.82) is 0 Å². The molecule has 1 heterocycles. The van der Waals surface area contributed by atoms with Gasteiger partial charge in [0.15, 0.2) is 0 Å². The Morgan fingerprint density at radius 1 is 1.41 bits per heavy atom. The van der Waals surface area contributed by atoms with Crippen LogP contribution >= 0.6 is 28.3 Å². The van der Waals surface area contributed by atoms with Crippen molar-refractivity contribution in [2.75, 3.05) is 19.6 Å². The fourth-order valence-corrected chi connectivity index (χ4v) is 2.97. The van der Waals surface area contributed by atoms with Gasteiger partial charge in [-0.1, -0.05) is 52.7 Å². The van der Waals surface area contributed by atoms with Crippen molar-refractivity contribution in [2.24, 2.45) is 5.92 Å². The molecule has 2 rings (SSSR count). The van der Waals surface area contributed by atoms with E-state index in [1.807, 2.05) is 18.2 Å². The lowest BCUT2D eigenvalue weighted by Crippen LogP contribution is -2.34. The molecule has 0 aromatic heterocycles. The highest BCUT2D eigenvalue weighted by Crippen LogP contribution is 2.21. The van der Waals surface area contributed by atoms with Crippen LogP contribution in [0.1, 0.15) is 25.3 Å². The summed E-state index contributed by atoms with van der Waals surface area (Å²) in [7, 11) is 0. The van der Waals surface area contributed by atoms with Crippen molar-refractivity contribution in [1.82, 2.24) is 10.6 Å². The zero-order valence-electron chi connectivity index (χ0n) is 12.9. The van der Waals surface area contributed by atoms with E-state index in [2.05, 4.69) is 45.6 Å². The average molecular weight is 388 g/mol. The van der Waals surface area contributed by atoms with Crippen LogP contribution in [0, 0.1) is 5.92 Å². The standard InChI is InChI=1S/C17H23BrN2O.ClH/c1-2-14(11-15-5-3-4-6-16(15)18)17(21)20-12-13-7-9-19-10-8-13;/h3-7,14,19H,2,8-12H2,1H3,(H,20,21);1H. The van der Waals surface area contributed by atoms with Gasteiger partial charge in [-0.15, -0.1) is 12.4 Å². The molecule has 1 aromatic rings. The first-order valence-corrected chi connectivity index (χ1v) is 8.39. The number of carbonyl (C=O) groups is 1. The van der Waals surface area contributed by atoms with E-state index in [0.29, 0.717) is 6.54 Å². The van der Waals surface area contributed by atoms with Gasteiger partial charge in [-0.05, 0) is 37.4 Å². The van der Waals surface area contributed by atoms with Crippen LogP contribution in [0.15, 0.2) is 40.4 Å². The Morgan fingerprint density at radius 2 is 2.18 bits per heavy atom. The summed E-state index contributed by atoms with van der Waals surface area (Å²) in [5, 5.41) is 6.37. The molecule has 2 N–H and O–H groups in total. The number of amides is 1. The second-order valence-corrected chi connectivity index (χ2v) is 6.29. The van der Waals surface area contributed by atoms with E-state index < -0.39 is 0 Å². The Labute approximate surface area is 147 Å². The highest BCUT2D eigenvalue weighted by atomic mass is 79.9. The van der Waals surface area contributed by atoms with Crippen molar-refractivity contribution in [3.63, 3.8) is 0 Å². The van der Waals surface area contributed by atoms with Gasteiger partial charge in [-0.25, -0.2) is 0 Å². The average Bonchev–Trinajstić information content (AvgIpc) is 2.53. The van der Waals surface area contributed by atoms with Crippen LogP contribution in [-0.2, 0) is 11.2 Å². The molecule has 22 heavy (non-hydrogen) atoms. The molecule has 0 saturated heterocycles. The fraction of sp³-hybridized carbons (Fsp3) is 0.471. The molecule has 1 aromatic carbocycles. The van der Waals surface area contributed by atoms with E-state index in [0.717, 1.165) is 36.8 Å². The highest BCUT2D eigenvalue weighted by Gasteiger charge is 2.18. The van der Waals surface area contributed by atoms with Gasteiger partial charge in [0.1, 0.15) is 0 Å². The maximum atomic E-state index is 12.4. The summed E-state index contributed by atoms with van der Waals surface area (Å²) in [4.78, 5) is 12.4. The lowest BCUT2D eigenvalue weighted by atomic mass is 9.96. The number of halogens is 2. The summed E-state index contributed by atoms with van der Waals surface area (Å²) in [5.74, 6) is 0.193. The highest BCUT2D eigenvalue weighted by molar-refractivity contribution is 9.10. The largest absolute Gasteiger partial charge is 0.352 e. The maximum absolute atomic E-state index is 12.4. The number of hydrogen-bond donors (Lipinski definition) is 2. The van der Waals surface area contributed by atoms with Crippen LogP contribution in [0.25, 0.3) is 0 Å². The number of carbonyl (C=O) groups excluding carboxylic acids is 1. The minimum Gasteiger partial charge on any atom is -0.352 e. The Kier molecular flexibility index (Phi) is 8.76. The van der Waals surface area contributed by atoms with E-state index >= 15 is 0 Å². The van der Waals surface area contributed by atoms with Crippen LogP contribution in [0.4, 0.5) is 0 Å². The smallest absolute Gasteiger partial charge is 0.223 e. The molecule has 0 radical (unpaired) electrons. The van der Waals surface area contributed by atoms with Gasteiger partial charge in [0.05, 0.1) is 0 Å². The molecular formula is C17H24BrClN2O. The Morgan fingerprint density at radius 3 is 2.82 bits per heavy atom. The van der Waals surface area contributed by atoms with Crippen LogP contribution in [-0.4, -0.2) is 25.5 Å². The van der Waals surface area contributed by atoms with E-state index in [-0.39, 0.29) is 24.2 Å². The lowest BCUT2D eigenvalue weighted by Gasteiger charge is -2.18. The first-order valence-electron chi connectivity index (χ1n) is 7.60. The number of benzene rings is 1. The van der Waals surface area contributed by atoms with Gasteiger partial charge >= 0.3 is 0 Å². The predicted molar refractivity (Wildman–Crippen MR) is 97.5 cm³/mol. The normalized spacial score (nSPS) is 15.5. The second-order valence-electron chi connectivity index (χ2n) is 5.44. The van der Waals surface area contributed by atoms with Gasteiger partial charge in [0.25, 0.3) is 0 Å². The van der Waals surface area contributed by atoms with E-state index in [9.17, 15) is 4.79 Å². The molecular weight excluding hydrogens is 364 g/mol. The third-order valence-electron chi connectivity index (χ3n) is 3.94. The minimum absolute atomic E-state index is 0. The van der Waals surface area contributed by atoms with Gasteiger partial charge < -0.3 is 10.6 Å². The summed E-state index contributed by atoms with van der Waals surface area (Å²) in [5.41, 5.74) is 2.53. The lowest BCUT2D eigenvalue weighted by molar-refractivity contribution is -0.124. The minimum atomic E-state index is 0. The van der Waals surface area contributed by atoms with Crippen molar-refractivity contribution >= 4 is 34.2 Å². The van der Waals surface area contributed by atoms with Crippen molar-refractivity contribution in [2.45, 2.75) is 26.2 Å². The molecule has 5 heteroatoms. The summed E-state index contributed by atoms with van der Waals surface area (Å²) in [6.07, 6.45) is 4.85. The van der Waals surface area contributed by atoms with Crippen LogP contribution in [0.2, 0.25) is 0 Å². The van der Waals surface area contributed by atoms with E-state index in [4.69, 9.17) is 0 Å². The van der Waals surface area contributed by atoms with Crippen molar-refractivity contribution in [3.8, 4) is 0 Å². The predicted octanol–water partition coefficient (Wildman–Crippen LogP) is 3.48. The molecule has 122 valence electrons. The SMILES string of the molecule is CCC(Cc1ccccc1Br)C(=O)NCC1=CCNCC1.Cl. The van der Waals surface area contributed by atoms with Crippen molar-refractivity contribution < 1.29 is 4.79 Å². The summed E-state index contributed by atoms with van der Waals surface area (Å²) in [6.45, 7) is 4.69. The molecule has 1 aliphatic heterocycles. The Hall–Kier alpha value is -0.840.